The zero-order valence-corrected chi connectivity index (χ0v) is 7.62. The van der Waals surface area contributed by atoms with Gasteiger partial charge in [-0.3, -0.25) is 0 Å². The van der Waals surface area contributed by atoms with Gasteiger partial charge in [0.25, 0.3) is 0 Å². The van der Waals surface area contributed by atoms with Gasteiger partial charge in [0.1, 0.15) is 5.65 Å². The second-order valence-electron chi connectivity index (χ2n) is 3.17. The summed E-state index contributed by atoms with van der Waals surface area (Å²) in [5.41, 5.74) is 7.75. The molecule has 0 aliphatic heterocycles. The van der Waals surface area contributed by atoms with Crippen LogP contribution in [0.15, 0.2) is 24.4 Å². The van der Waals surface area contributed by atoms with E-state index in [-0.39, 0.29) is 6.04 Å². The normalized spacial score (nSPS) is 13.4. The van der Waals surface area contributed by atoms with Crippen LogP contribution < -0.4 is 5.73 Å². The van der Waals surface area contributed by atoms with Crippen molar-refractivity contribution in [2.24, 2.45) is 5.73 Å². The zero-order chi connectivity index (χ0) is 9.26. The molecule has 13 heavy (non-hydrogen) atoms. The predicted molar refractivity (Wildman–Crippen MR) is 53.3 cm³/mol. The SMILES string of the molecule is CC[C@H](N)c1ccc2cc[nH]c2n1. The summed E-state index contributed by atoms with van der Waals surface area (Å²) in [6, 6.07) is 6.09. The summed E-state index contributed by atoms with van der Waals surface area (Å²) in [5, 5.41) is 1.13. The van der Waals surface area contributed by atoms with Gasteiger partial charge in [-0.25, -0.2) is 4.98 Å². The van der Waals surface area contributed by atoms with Gasteiger partial charge in [0.2, 0.25) is 0 Å². The fourth-order valence-corrected chi connectivity index (χ4v) is 1.36. The van der Waals surface area contributed by atoms with Gasteiger partial charge in [-0.05, 0) is 24.6 Å². The Kier molecular flexibility index (Phi) is 2.02. The van der Waals surface area contributed by atoms with Crippen molar-refractivity contribution in [1.29, 1.82) is 0 Å². The predicted octanol–water partition coefficient (Wildman–Crippen LogP) is 1.97. The number of fused-ring (bicyclic) bond motifs is 1. The van der Waals surface area contributed by atoms with Gasteiger partial charge in [0, 0.05) is 17.6 Å². The maximum absolute atomic E-state index is 5.88. The minimum Gasteiger partial charge on any atom is -0.346 e. The Bertz CT molecular complexity index is 405. The van der Waals surface area contributed by atoms with Crippen molar-refractivity contribution in [3.05, 3.63) is 30.1 Å². The number of aromatic nitrogens is 2. The Morgan fingerprint density at radius 3 is 3.08 bits per heavy atom. The lowest BCUT2D eigenvalue weighted by atomic mass is 10.1. The quantitative estimate of drug-likeness (QED) is 0.733. The van der Waals surface area contributed by atoms with Crippen molar-refractivity contribution in [3.8, 4) is 0 Å². The summed E-state index contributed by atoms with van der Waals surface area (Å²) in [4.78, 5) is 7.50. The van der Waals surface area contributed by atoms with Crippen molar-refractivity contribution in [1.82, 2.24) is 9.97 Å². The zero-order valence-electron chi connectivity index (χ0n) is 7.62. The summed E-state index contributed by atoms with van der Waals surface area (Å²) in [6.45, 7) is 2.06. The van der Waals surface area contributed by atoms with Gasteiger partial charge in [-0.1, -0.05) is 6.92 Å². The van der Waals surface area contributed by atoms with Crippen molar-refractivity contribution < 1.29 is 0 Å². The summed E-state index contributed by atoms with van der Waals surface area (Å²) in [5.74, 6) is 0. The molecule has 0 spiro atoms. The molecule has 68 valence electrons. The molecule has 3 heteroatoms. The van der Waals surface area contributed by atoms with Crippen LogP contribution in [0.2, 0.25) is 0 Å². The average molecular weight is 175 g/mol. The molecule has 3 N–H and O–H groups in total. The summed E-state index contributed by atoms with van der Waals surface area (Å²) >= 11 is 0. The van der Waals surface area contributed by atoms with Crippen LogP contribution in [0.4, 0.5) is 0 Å². The van der Waals surface area contributed by atoms with Crippen LogP contribution in [0.3, 0.4) is 0 Å². The van der Waals surface area contributed by atoms with Crippen LogP contribution in [0, 0.1) is 0 Å². The highest BCUT2D eigenvalue weighted by Crippen LogP contribution is 2.15. The maximum Gasteiger partial charge on any atom is 0.137 e. The molecular weight excluding hydrogens is 162 g/mol. The third-order valence-corrected chi connectivity index (χ3v) is 2.25. The molecule has 0 saturated heterocycles. The Hall–Kier alpha value is -1.35. The number of nitrogens with one attached hydrogen (secondary N) is 1. The standard InChI is InChI=1S/C10H13N3/c1-2-8(11)9-4-3-7-5-6-12-10(7)13-9/h3-6,8H,2,11H2,1H3,(H,12,13)/t8-/m0/s1. The van der Waals surface area contributed by atoms with E-state index in [2.05, 4.69) is 16.9 Å². The summed E-state index contributed by atoms with van der Waals surface area (Å²) < 4.78 is 0. The molecule has 3 nitrogen and oxygen atoms in total. The molecule has 1 atom stereocenters. The monoisotopic (exact) mass is 175 g/mol. The van der Waals surface area contributed by atoms with E-state index in [0.717, 1.165) is 23.1 Å². The first-order valence-corrected chi connectivity index (χ1v) is 4.51. The first-order valence-electron chi connectivity index (χ1n) is 4.51. The van der Waals surface area contributed by atoms with Crippen molar-refractivity contribution in [3.63, 3.8) is 0 Å². The fourth-order valence-electron chi connectivity index (χ4n) is 1.36. The number of hydrogen-bond acceptors (Lipinski definition) is 2. The van der Waals surface area contributed by atoms with Gasteiger partial charge in [-0.15, -0.1) is 0 Å². The molecule has 0 amide bonds. The topological polar surface area (TPSA) is 54.7 Å². The summed E-state index contributed by atoms with van der Waals surface area (Å²) in [6.07, 6.45) is 2.80. The highest BCUT2D eigenvalue weighted by Gasteiger charge is 2.05. The molecule has 0 radical (unpaired) electrons. The molecule has 2 aromatic heterocycles. The van der Waals surface area contributed by atoms with E-state index in [1.165, 1.54) is 0 Å². The molecule has 0 aromatic carbocycles. The Morgan fingerprint density at radius 2 is 2.31 bits per heavy atom. The van der Waals surface area contributed by atoms with E-state index in [9.17, 15) is 0 Å². The van der Waals surface area contributed by atoms with Crippen molar-refractivity contribution >= 4 is 11.0 Å². The van der Waals surface area contributed by atoms with Crippen LogP contribution in [-0.4, -0.2) is 9.97 Å². The smallest absolute Gasteiger partial charge is 0.137 e. The first kappa shape index (κ1) is 8.26. The largest absolute Gasteiger partial charge is 0.346 e. The highest BCUT2D eigenvalue weighted by atomic mass is 14.9. The van der Waals surface area contributed by atoms with Crippen LogP contribution in [0.1, 0.15) is 25.1 Å². The molecule has 0 saturated carbocycles. The molecule has 2 aromatic rings. The summed E-state index contributed by atoms with van der Waals surface area (Å²) in [7, 11) is 0. The first-order chi connectivity index (χ1) is 6.31. The van der Waals surface area contributed by atoms with Crippen molar-refractivity contribution in [2.45, 2.75) is 19.4 Å². The highest BCUT2D eigenvalue weighted by molar-refractivity contribution is 5.75. The Morgan fingerprint density at radius 1 is 1.46 bits per heavy atom. The Balaban J connectivity index is 2.48. The number of rotatable bonds is 2. The van der Waals surface area contributed by atoms with E-state index in [1.54, 1.807) is 0 Å². The minimum absolute atomic E-state index is 0.0488. The van der Waals surface area contributed by atoms with E-state index >= 15 is 0 Å². The number of H-pyrrole nitrogens is 1. The third-order valence-electron chi connectivity index (χ3n) is 2.25. The number of aromatic amines is 1. The van der Waals surface area contributed by atoms with Gasteiger partial charge < -0.3 is 10.7 Å². The second kappa shape index (κ2) is 3.18. The number of nitrogens with zero attached hydrogens (tertiary/aromatic N) is 1. The average Bonchev–Trinajstić information content (AvgIpc) is 2.63. The molecule has 2 heterocycles. The van der Waals surface area contributed by atoms with Gasteiger partial charge in [-0.2, -0.15) is 0 Å². The number of hydrogen-bond donors (Lipinski definition) is 2. The molecular formula is C10H13N3. The van der Waals surface area contributed by atoms with E-state index < -0.39 is 0 Å². The number of nitrogens with two attached hydrogens (primary N) is 1. The van der Waals surface area contributed by atoms with Gasteiger partial charge in [0.05, 0.1) is 5.69 Å². The molecule has 0 fully saturated rings. The van der Waals surface area contributed by atoms with Crippen LogP contribution in [-0.2, 0) is 0 Å². The third kappa shape index (κ3) is 1.42. The van der Waals surface area contributed by atoms with E-state index in [1.807, 2.05) is 24.4 Å². The van der Waals surface area contributed by atoms with Crippen molar-refractivity contribution in [2.75, 3.05) is 0 Å². The van der Waals surface area contributed by atoms with E-state index in [0.29, 0.717) is 0 Å². The lowest BCUT2D eigenvalue weighted by molar-refractivity contribution is 0.678. The lowest BCUT2D eigenvalue weighted by Gasteiger charge is -2.06. The lowest BCUT2D eigenvalue weighted by Crippen LogP contribution is -2.10. The van der Waals surface area contributed by atoms with E-state index in [4.69, 9.17) is 5.73 Å². The molecule has 0 aliphatic rings. The van der Waals surface area contributed by atoms with Gasteiger partial charge >= 0.3 is 0 Å². The maximum atomic E-state index is 5.88. The molecule has 0 bridgehead atoms. The molecule has 0 unspecified atom stereocenters. The van der Waals surface area contributed by atoms with Crippen LogP contribution in [0.25, 0.3) is 11.0 Å². The minimum atomic E-state index is 0.0488. The van der Waals surface area contributed by atoms with Gasteiger partial charge in [0.15, 0.2) is 0 Å². The fraction of sp³-hybridized carbons (Fsp3) is 0.300. The van der Waals surface area contributed by atoms with Crippen LogP contribution >= 0.6 is 0 Å². The molecule has 0 aliphatic carbocycles. The molecule has 2 rings (SSSR count). The number of pyridine rings is 1. The second-order valence-corrected chi connectivity index (χ2v) is 3.17. The van der Waals surface area contributed by atoms with Crippen LogP contribution in [0.5, 0.6) is 0 Å². The Labute approximate surface area is 77.0 Å².